The van der Waals surface area contributed by atoms with Crippen molar-refractivity contribution < 1.29 is 8.42 Å². The highest BCUT2D eigenvalue weighted by Gasteiger charge is 2.38. The smallest absolute Gasteiger partial charge is 0.260 e. The molecule has 124 valence electrons. The van der Waals surface area contributed by atoms with Crippen LogP contribution in [0.4, 0.5) is 0 Å². The van der Waals surface area contributed by atoms with E-state index in [0.717, 1.165) is 10.0 Å². The molecule has 1 aliphatic heterocycles. The van der Waals surface area contributed by atoms with Crippen LogP contribution in [0.25, 0.3) is 0 Å². The van der Waals surface area contributed by atoms with Crippen molar-refractivity contribution >= 4 is 38.4 Å². The largest absolute Gasteiger partial charge is 0.326 e. The van der Waals surface area contributed by atoms with Gasteiger partial charge in [0.25, 0.3) is 10.0 Å². The van der Waals surface area contributed by atoms with E-state index in [9.17, 15) is 8.42 Å². The maximum atomic E-state index is 12.7. The van der Waals surface area contributed by atoms with Crippen LogP contribution in [0.5, 0.6) is 0 Å². The molecule has 1 saturated heterocycles. The van der Waals surface area contributed by atoms with Gasteiger partial charge in [0.05, 0.1) is 0 Å². The molecule has 8 heteroatoms. The Hall–Kier alpha value is -0.990. The zero-order valence-corrected chi connectivity index (χ0v) is 15.4. The van der Waals surface area contributed by atoms with Crippen molar-refractivity contribution in [3.05, 3.63) is 58.7 Å². The summed E-state index contributed by atoms with van der Waals surface area (Å²) in [4.78, 5) is 4.00. The molecule has 2 heterocycles. The predicted octanol–water partition coefficient (Wildman–Crippen LogP) is 2.38. The quantitative estimate of drug-likeness (QED) is 0.830. The summed E-state index contributed by atoms with van der Waals surface area (Å²) in [5.74, 6) is 0.00595. The molecule has 2 aromatic rings. The fraction of sp³-hybridized carbons (Fsp3) is 0.267. The van der Waals surface area contributed by atoms with Crippen LogP contribution in [0.1, 0.15) is 11.5 Å². The van der Waals surface area contributed by atoms with Crippen LogP contribution in [-0.2, 0) is 10.0 Å². The second kappa shape index (κ2) is 7.27. The molecule has 0 spiro atoms. The van der Waals surface area contributed by atoms with Crippen molar-refractivity contribution in [1.29, 1.82) is 0 Å². The molecule has 0 bridgehead atoms. The molecule has 2 N–H and O–H groups in total. The van der Waals surface area contributed by atoms with Gasteiger partial charge in [-0.25, -0.2) is 13.4 Å². The summed E-state index contributed by atoms with van der Waals surface area (Å²) in [6.07, 6.45) is 1.48. The highest BCUT2D eigenvalue weighted by molar-refractivity contribution is 9.10. The van der Waals surface area contributed by atoms with E-state index in [4.69, 9.17) is 5.73 Å². The van der Waals surface area contributed by atoms with Crippen molar-refractivity contribution in [2.24, 2.45) is 5.73 Å². The van der Waals surface area contributed by atoms with Crippen LogP contribution in [0.3, 0.4) is 0 Å². The van der Waals surface area contributed by atoms with E-state index in [-0.39, 0.29) is 29.4 Å². The van der Waals surface area contributed by atoms with Gasteiger partial charge in [-0.2, -0.15) is 4.31 Å². The Morgan fingerprint density at radius 1 is 1.13 bits per heavy atom. The van der Waals surface area contributed by atoms with E-state index >= 15 is 0 Å². The van der Waals surface area contributed by atoms with Gasteiger partial charge >= 0.3 is 0 Å². The Balaban J connectivity index is 0.00000192. The van der Waals surface area contributed by atoms with Crippen molar-refractivity contribution in [3.8, 4) is 0 Å². The third kappa shape index (κ3) is 3.75. The number of sulfonamides is 1. The minimum Gasteiger partial charge on any atom is -0.326 e. The molecule has 1 aromatic heterocycles. The molecule has 0 aliphatic carbocycles. The molecule has 0 amide bonds. The summed E-state index contributed by atoms with van der Waals surface area (Å²) < 4.78 is 27.5. The molecule has 1 fully saturated rings. The number of halogens is 2. The number of rotatable bonds is 3. The highest BCUT2D eigenvalue weighted by atomic mass is 79.9. The lowest BCUT2D eigenvalue weighted by Gasteiger charge is -2.16. The summed E-state index contributed by atoms with van der Waals surface area (Å²) in [5, 5.41) is 0.0524. The predicted molar refractivity (Wildman–Crippen MR) is 95.1 cm³/mol. The Labute approximate surface area is 150 Å². The van der Waals surface area contributed by atoms with Crippen LogP contribution in [-0.4, -0.2) is 36.8 Å². The zero-order valence-electron chi connectivity index (χ0n) is 12.2. The van der Waals surface area contributed by atoms with Crippen LogP contribution >= 0.6 is 28.3 Å². The van der Waals surface area contributed by atoms with Crippen LogP contribution in [0.15, 0.2) is 58.2 Å². The van der Waals surface area contributed by atoms with Crippen LogP contribution < -0.4 is 5.73 Å². The van der Waals surface area contributed by atoms with Gasteiger partial charge in [0.1, 0.15) is 0 Å². The van der Waals surface area contributed by atoms with Gasteiger partial charge in [-0.3, -0.25) is 0 Å². The lowest BCUT2D eigenvalue weighted by Crippen LogP contribution is -2.32. The Bertz CT molecular complexity index is 756. The molecular formula is C15H17BrClN3O2S. The van der Waals surface area contributed by atoms with Gasteiger partial charge in [-0.1, -0.05) is 30.3 Å². The number of nitrogens with zero attached hydrogens (tertiary/aromatic N) is 2. The second-order valence-electron chi connectivity index (χ2n) is 5.32. The Morgan fingerprint density at radius 2 is 1.83 bits per heavy atom. The molecule has 0 saturated carbocycles. The maximum absolute atomic E-state index is 12.7. The topological polar surface area (TPSA) is 76.3 Å². The zero-order chi connectivity index (χ0) is 15.7. The molecular weight excluding hydrogens is 402 g/mol. The number of aromatic nitrogens is 1. The van der Waals surface area contributed by atoms with Gasteiger partial charge < -0.3 is 5.73 Å². The first-order chi connectivity index (χ1) is 10.5. The van der Waals surface area contributed by atoms with Gasteiger partial charge in [0.2, 0.25) is 0 Å². The van der Waals surface area contributed by atoms with Crippen molar-refractivity contribution in [1.82, 2.24) is 9.29 Å². The second-order valence-corrected chi connectivity index (χ2v) is 8.12. The third-order valence-corrected chi connectivity index (χ3v) is 6.08. The fourth-order valence-corrected chi connectivity index (χ4v) is 4.34. The van der Waals surface area contributed by atoms with Gasteiger partial charge in [0.15, 0.2) is 5.03 Å². The summed E-state index contributed by atoms with van der Waals surface area (Å²) in [6, 6.07) is 12.7. The monoisotopic (exact) mass is 417 g/mol. The van der Waals surface area contributed by atoms with Crippen LogP contribution in [0.2, 0.25) is 0 Å². The first-order valence-electron chi connectivity index (χ1n) is 6.91. The molecule has 5 nitrogen and oxygen atoms in total. The molecule has 2 atom stereocenters. The van der Waals surface area contributed by atoms with E-state index in [1.807, 2.05) is 30.3 Å². The van der Waals surface area contributed by atoms with Gasteiger partial charge in [0, 0.05) is 35.7 Å². The van der Waals surface area contributed by atoms with E-state index in [1.165, 1.54) is 16.6 Å². The van der Waals surface area contributed by atoms with Crippen molar-refractivity contribution in [2.75, 3.05) is 13.1 Å². The van der Waals surface area contributed by atoms with Crippen molar-refractivity contribution in [3.63, 3.8) is 0 Å². The van der Waals surface area contributed by atoms with Gasteiger partial charge in [-0.15, -0.1) is 12.4 Å². The standard InChI is InChI=1S/C15H16BrN3O2S.ClH/c16-12-6-7-15(18-8-12)22(20,21)19-9-13(14(17)10-19)11-4-2-1-3-5-11;/h1-8,13-14H,9-10,17H2;1H/t13-,14+;/m0./s1. The maximum Gasteiger partial charge on any atom is 0.260 e. The summed E-state index contributed by atoms with van der Waals surface area (Å²) >= 11 is 3.25. The van der Waals surface area contributed by atoms with E-state index in [0.29, 0.717) is 13.1 Å². The Kier molecular flexibility index (Phi) is 5.80. The number of pyridine rings is 1. The molecule has 0 radical (unpaired) electrons. The Morgan fingerprint density at radius 3 is 2.43 bits per heavy atom. The van der Waals surface area contributed by atoms with E-state index in [1.54, 1.807) is 6.07 Å². The number of hydrogen-bond donors (Lipinski definition) is 1. The first kappa shape index (κ1) is 18.4. The third-order valence-electron chi connectivity index (χ3n) is 3.86. The average Bonchev–Trinajstić information content (AvgIpc) is 2.91. The highest BCUT2D eigenvalue weighted by Crippen LogP contribution is 2.30. The van der Waals surface area contributed by atoms with Gasteiger partial charge in [-0.05, 0) is 33.6 Å². The molecule has 1 aliphatic rings. The number of nitrogens with two attached hydrogens (primary N) is 1. The molecule has 3 rings (SSSR count). The van der Waals surface area contributed by atoms with Crippen molar-refractivity contribution in [2.45, 2.75) is 17.0 Å². The minimum absolute atomic E-state index is 0. The number of benzene rings is 1. The normalized spacial score (nSPS) is 21.8. The van der Waals surface area contributed by atoms with E-state index < -0.39 is 10.0 Å². The SMILES string of the molecule is Cl.N[C@@H]1CN(S(=O)(=O)c2ccc(Br)cn2)C[C@H]1c1ccccc1. The lowest BCUT2D eigenvalue weighted by molar-refractivity contribution is 0.467. The first-order valence-corrected chi connectivity index (χ1v) is 9.14. The summed E-state index contributed by atoms with van der Waals surface area (Å²) in [5.41, 5.74) is 7.23. The fourth-order valence-electron chi connectivity index (χ4n) is 2.69. The summed E-state index contributed by atoms with van der Waals surface area (Å²) in [7, 11) is -3.61. The lowest BCUT2D eigenvalue weighted by atomic mass is 9.95. The molecule has 0 unspecified atom stereocenters. The molecule has 1 aromatic carbocycles. The number of hydrogen-bond acceptors (Lipinski definition) is 4. The molecule has 23 heavy (non-hydrogen) atoms. The summed E-state index contributed by atoms with van der Waals surface area (Å²) in [6.45, 7) is 0.685. The average molecular weight is 419 g/mol. The minimum atomic E-state index is -3.61. The van der Waals surface area contributed by atoms with E-state index in [2.05, 4.69) is 20.9 Å². The van der Waals surface area contributed by atoms with Crippen LogP contribution in [0, 0.1) is 0 Å².